The van der Waals surface area contributed by atoms with Crippen LogP contribution in [0.2, 0.25) is 0 Å². The van der Waals surface area contributed by atoms with Crippen molar-refractivity contribution in [3.63, 3.8) is 0 Å². The molecule has 2 aromatic carbocycles. The number of aromatic nitrogens is 3. The van der Waals surface area contributed by atoms with E-state index in [1.54, 1.807) is 16.6 Å². The molecule has 0 bridgehead atoms. The molecular formula is C28H26N4O6. The second-order valence-electron chi connectivity index (χ2n) is 9.25. The maximum Gasteiger partial charge on any atom is 0.420 e. The van der Waals surface area contributed by atoms with Crippen LogP contribution in [-0.2, 0) is 11.3 Å². The van der Waals surface area contributed by atoms with Gasteiger partial charge in [-0.05, 0) is 31.5 Å². The van der Waals surface area contributed by atoms with E-state index in [9.17, 15) is 9.59 Å². The summed E-state index contributed by atoms with van der Waals surface area (Å²) in [4.78, 5) is 33.3. The van der Waals surface area contributed by atoms with Gasteiger partial charge in [0.05, 0.1) is 43.6 Å². The Morgan fingerprint density at radius 3 is 2.55 bits per heavy atom. The lowest BCUT2D eigenvalue weighted by molar-refractivity contribution is 0.0300. The lowest BCUT2D eigenvalue weighted by Crippen LogP contribution is -2.41. The molecule has 194 valence electrons. The third kappa shape index (κ3) is 3.93. The fraction of sp³-hybridized carbons (Fsp3) is 0.286. The summed E-state index contributed by atoms with van der Waals surface area (Å²) in [5, 5.41) is 4.72. The Morgan fingerprint density at radius 1 is 1.11 bits per heavy atom. The number of hydrogen-bond donors (Lipinski definition) is 0. The van der Waals surface area contributed by atoms with Gasteiger partial charge in [-0.3, -0.25) is 9.36 Å². The van der Waals surface area contributed by atoms with Gasteiger partial charge in [0.1, 0.15) is 17.0 Å². The molecule has 1 amide bonds. The standard InChI is InChI=1S/C28H26N4O6/c1-16-23(17(2)38-30-16)20-13-21-19(14-22(20)35-3)25-26(24(29-21)27(33)31-9-11-36-12-10-31)37-28(34)32(25)15-18-7-5-4-6-8-18/h4-8,13-14H,9-12,15H2,1-3H3. The Bertz CT molecular complexity index is 1710. The third-order valence-electron chi connectivity index (χ3n) is 6.90. The minimum Gasteiger partial charge on any atom is -0.496 e. The first-order valence-corrected chi connectivity index (χ1v) is 12.4. The Labute approximate surface area is 217 Å². The van der Waals surface area contributed by atoms with E-state index in [2.05, 4.69) is 5.16 Å². The monoisotopic (exact) mass is 514 g/mol. The van der Waals surface area contributed by atoms with Crippen molar-refractivity contribution < 1.29 is 23.2 Å². The van der Waals surface area contributed by atoms with Gasteiger partial charge in [-0.2, -0.15) is 0 Å². The van der Waals surface area contributed by atoms with E-state index in [-0.39, 0.29) is 23.7 Å². The van der Waals surface area contributed by atoms with E-state index < -0.39 is 5.76 Å². The van der Waals surface area contributed by atoms with Crippen molar-refractivity contribution in [2.24, 2.45) is 0 Å². The minimum absolute atomic E-state index is 0.0909. The van der Waals surface area contributed by atoms with E-state index >= 15 is 0 Å². The topological polar surface area (TPSA) is 113 Å². The fourth-order valence-corrected chi connectivity index (χ4v) is 5.06. The summed E-state index contributed by atoms with van der Waals surface area (Å²) in [6, 6.07) is 13.3. The van der Waals surface area contributed by atoms with E-state index in [0.717, 1.165) is 16.7 Å². The van der Waals surface area contributed by atoms with E-state index in [1.165, 1.54) is 0 Å². The normalized spacial score (nSPS) is 13.9. The minimum atomic E-state index is -0.567. The highest BCUT2D eigenvalue weighted by atomic mass is 16.5. The number of nitrogens with zero attached hydrogens (tertiary/aromatic N) is 4. The average molecular weight is 515 g/mol. The Kier molecular flexibility index (Phi) is 5.96. The number of hydrogen-bond acceptors (Lipinski definition) is 8. The first kappa shape index (κ1) is 23.9. The van der Waals surface area contributed by atoms with Gasteiger partial charge < -0.3 is 23.3 Å². The Hall–Kier alpha value is -4.44. The quantitative estimate of drug-likeness (QED) is 0.347. The maximum atomic E-state index is 13.7. The first-order valence-electron chi connectivity index (χ1n) is 12.4. The van der Waals surface area contributed by atoms with Crippen LogP contribution in [-0.4, -0.2) is 58.9 Å². The van der Waals surface area contributed by atoms with Gasteiger partial charge in [-0.25, -0.2) is 9.78 Å². The van der Waals surface area contributed by atoms with Crippen LogP contribution in [0.4, 0.5) is 0 Å². The second kappa shape index (κ2) is 9.46. The number of fused-ring (bicyclic) bond motifs is 3. The highest BCUT2D eigenvalue weighted by molar-refractivity contribution is 6.12. The van der Waals surface area contributed by atoms with Crippen LogP contribution in [0.15, 0.2) is 56.2 Å². The van der Waals surface area contributed by atoms with Crippen LogP contribution in [0.3, 0.4) is 0 Å². The molecule has 0 N–H and O–H groups in total. The summed E-state index contributed by atoms with van der Waals surface area (Å²) in [5.74, 6) is 0.316. The summed E-state index contributed by atoms with van der Waals surface area (Å²) in [7, 11) is 1.58. The first-order chi connectivity index (χ1) is 18.5. The van der Waals surface area contributed by atoms with Crippen molar-refractivity contribution in [3.8, 4) is 16.9 Å². The molecule has 6 rings (SSSR count). The molecule has 4 heterocycles. The van der Waals surface area contributed by atoms with Crippen LogP contribution in [0, 0.1) is 13.8 Å². The van der Waals surface area contributed by atoms with Crippen LogP contribution in [0.25, 0.3) is 33.1 Å². The lowest BCUT2D eigenvalue weighted by Gasteiger charge is -2.26. The molecule has 5 aromatic rings. The number of morpholine rings is 1. The number of carbonyl (C=O) groups is 1. The highest BCUT2D eigenvalue weighted by Crippen LogP contribution is 2.39. The zero-order valence-corrected chi connectivity index (χ0v) is 21.3. The zero-order chi connectivity index (χ0) is 26.4. The number of aryl methyl sites for hydroxylation is 2. The molecule has 0 unspecified atom stereocenters. The van der Waals surface area contributed by atoms with Gasteiger partial charge in [0.15, 0.2) is 11.3 Å². The van der Waals surface area contributed by atoms with Gasteiger partial charge in [0, 0.05) is 24.0 Å². The molecule has 1 aliphatic heterocycles. The summed E-state index contributed by atoms with van der Waals surface area (Å²) in [6.07, 6.45) is 0. The van der Waals surface area contributed by atoms with Crippen molar-refractivity contribution in [2.75, 3.05) is 33.4 Å². The molecule has 1 aliphatic rings. The van der Waals surface area contributed by atoms with Crippen molar-refractivity contribution in [1.29, 1.82) is 0 Å². The van der Waals surface area contributed by atoms with E-state index in [1.807, 2.05) is 56.3 Å². The molecule has 1 fully saturated rings. The molecule has 0 atom stereocenters. The number of methoxy groups -OCH3 is 1. The number of oxazole rings is 1. The number of rotatable bonds is 5. The lowest BCUT2D eigenvalue weighted by atomic mass is 10.00. The van der Waals surface area contributed by atoms with Gasteiger partial charge in [0.2, 0.25) is 0 Å². The van der Waals surface area contributed by atoms with Crippen LogP contribution < -0.4 is 10.5 Å². The second-order valence-corrected chi connectivity index (χ2v) is 9.25. The molecule has 0 radical (unpaired) electrons. The summed E-state index contributed by atoms with van der Waals surface area (Å²) in [5.41, 5.74) is 4.40. The van der Waals surface area contributed by atoms with Crippen molar-refractivity contribution >= 4 is 27.9 Å². The molecule has 10 nitrogen and oxygen atoms in total. The molecule has 0 saturated carbocycles. The number of carbonyl (C=O) groups excluding carboxylic acids is 1. The average Bonchev–Trinajstić information content (AvgIpc) is 3.45. The largest absolute Gasteiger partial charge is 0.496 e. The SMILES string of the molecule is COc1cc2c(cc1-c1c(C)noc1C)nc(C(=O)N1CCOCC1)c1oc(=O)n(Cc3ccccc3)c12. The van der Waals surface area contributed by atoms with E-state index in [4.69, 9.17) is 23.4 Å². The molecule has 1 saturated heterocycles. The van der Waals surface area contributed by atoms with Crippen molar-refractivity contribution in [1.82, 2.24) is 19.6 Å². The predicted molar refractivity (Wildman–Crippen MR) is 140 cm³/mol. The number of pyridine rings is 1. The Morgan fingerprint density at radius 2 is 1.87 bits per heavy atom. The molecule has 0 spiro atoms. The molecule has 3 aromatic heterocycles. The summed E-state index contributed by atoms with van der Waals surface area (Å²) >= 11 is 0. The van der Waals surface area contributed by atoms with Crippen molar-refractivity contribution in [2.45, 2.75) is 20.4 Å². The zero-order valence-electron chi connectivity index (χ0n) is 21.3. The van der Waals surface area contributed by atoms with Crippen LogP contribution in [0.1, 0.15) is 27.5 Å². The molecular weight excluding hydrogens is 488 g/mol. The van der Waals surface area contributed by atoms with E-state index in [0.29, 0.717) is 59.9 Å². The highest BCUT2D eigenvalue weighted by Gasteiger charge is 2.28. The predicted octanol–water partition coefficient (Wildman–Crippen LogP) is 3.94. The third-order valence-corrected chi connectivity index (χ3v) is 6.90. The van der Waals surface area contributed by atoms with Crippen LogP contribution in [0.5, 0.6) is 5.75 Å². The van der Waals surface area contributed by atoms with Gasteiger partial charge in [-0.1, -0.05) is 35.5 Å². The van der Waals surface area contributed by atoms with Gasteiger partial charge >= 0.3 is 5.76 Å². The smallest absolute Gasteiger partial charge is 0.420 e. The van der Waals surface area contributed by atoms with Crippen LogP contribution >= 0.6 is 0 Å². The van der Waals surface area contributed by atoms with Gasteiger partial charge in [0.25, 0.3) is 5.91 Å². The molecule has 38 heavy (non-hydrogen) atoms. The Balaban J connectivity index is 1.65. The number of ether oxygens (including phenoxy) is 2. The number of benzene rings is 2. The molecule has 0 aliphatic carbocycles. The molecule has 10 heteroatoms. The summed E-state index contributed by atoms with van der Waals surface area (Å²) in [6.45, 7) is 5.70. The van der Waals surface area contributed by atoms with Gasteiger partial charge in [-0.15, -0.1) is 0 Å². The summed E-state index contributed by atoms with van der Waals surface area (Å²) < 4.78 is 23.9. The maximum absolute atomic E-state index is 13.7. The fourth-order valence-electron chi connectivity index (χ4n) is 5.06. The van der Waals surface area contributed by atoms with Crippen molar-refractivity contribution in [3.05, 3.63) is 75.7 Å². The number of amides is 1.